The molecule has 19 heavy (non-hydrogen) atoms. The third-order valence-electron chi connectivity index (χ3n) is 2.45. The minimum absolute atomic E-state index is 0.119. The Kier molecular flexibility index (Phi) is 6.29. The van der Waals surface area contributed by atoms with Crippen molar-refractivity contribution in [1.82, 2.24) is 0 Å². The Morgan fingerprint density at radius 2 is 2.37 bits per heavy atom. The quantitative estimate of drug-likeness (QED) is 0.301. The fourth-order valence-electron chi connectivity index (χ4n) is 1.55. The fraction of sp³-hybridized carbons (Fsp3) is 0.357. The highest BCUT2D eigenvalue weighted by Gasteiger charge is 2.14. The molecule has 1 heterocycles. The van der Waals surface area contributed by atoms with Gasteiger partial charge in [0.1, 0.15) is 18.5 Å². The van der Waals surface area contributed by atoms with Crippen LogP contribution in [-0.4, -0.2) is 30.4 Å². The van der Waals surface area contributed by atoms with Gasteiger partial charge in [-0.3, -0.25) is 0 Å². The van der Waals surface area contributed by atoms with Crippen molar-refractivity contribution in [3.05, 3.63) is 37.0 Å². The topological polar surface area (TPSA) is 69.7 Å². The highest BCUT2D eigenvalue weighted by atomic mass is 16.5. The minimum atomic E-state index is -0.563. The normalized spacial score (nSPS) is 19.8. The van der Waals surface area contributed by atoms with Crippen molar-refractivity contribution >= 4 is 18.2 Å². The van der Waals surface area contributed by atoms with Crippen LogP contribution in [-0.2, 0) is 23.9 Å². The van der Waals surface area contributed by atoms with Crippen LogP contribution in [0.2, 0.25) is 0 Å². The Morgan fingerprint density at radius 1 is 1.58 bits per heavy atom. The van der Waals surface area contributed by atoms with E-state index in [0.717, 1.165) is 6.08 Å². The average Bonchev–Trinajstić information content (AvgIpc) is 2.39. The molecule has 0 aliphatic carbocycles. The molecular formula is C14H16O5. The maximum absolute atomic E-state index is 11.0. The number of rotatable bonds is 7. The van der Waals surface area contributed by atoms with E-state index in [0.29, 0.717) is 19.1 Å². The monoisotopic (exact) mass is 264 g/mol. The van der Waals surface area contributed by atoms with Gasteiger partial charge in [0.2, 0.25) is 0 Å². The van der Waals surface area contributed by atoms with Gasteiger partial charge >= 0.3 is 11.9 Å². The molecule has 0 bridgehead atoms. The third-order valence-corrected chi connectivity index (χ3v) is 2.45. The smallest absolute Gasteiger partial charge is 0.331 e. The zero-order valence-corrected chi connectivity index (χ0v) is 10.5. The molecule has 0 aromatic rings. The SMILES string of the molecule is C=CC(=O)O[C@H](CC=O)C/C=C/[C@H]1CC=CC(=O)O1. The van der Waals surface area contributed by atoms with Crippen molar-refractivity contribution in [2.24, 2.45) is 0 Å². The van der Waals surface area contributed by atoms with E-state index in [1.165, 1.54) is 6.08 Å². The summed E-state index contributed by atoms with van der Waals surface area (Å²) in [5.41, 5.74) is 0. The van der Waals surface area contributed by atoms with Gasteiger partial charge in [-0.25, -0.2) is 9.59 Å². The fourth-order valence-corrected chi connectivity index (χ4v) is 1.55. The van der Waals surface area contributed by atoms with Crippen molar-refractivity contribution < 1.29 is 23.9 Å². The number of hydrogen-bond acceptors (Lipinski definition) is 5. The summed E-state index contributed by atoms with van der Waals surface area (Å²) in [4.78, 5) is 32.5. The van der Waals surface area contributed by atoms with Crippen molar-refractivity contribution in [1.29, 1.82) is 0 Å². The number of hydrogen-bond donors (Lipinski definition) is 0. The van der Waals surface area contributed by atoms with E-state index in [1.807, 2.05) is 0 Å². The van der Waals surface area contributed by atoms with Crippen molar-refractivity contribution in [2.45, 2.75) is 31.5 Å². The van der Waals surface area contributed by atoms with Crippen LogP contribution in [0.25, 0.3) is 0 Å². The second kappa shape index (κ2) is 8.02. The number of ether oxygens (including phenoxy) is 2. The van der Waals surface area contributed by atoms with Gasteiger partial charge in [-0.05, 0) is 6.08 Å². The van der Waals surface area contributed by atoms with Crippen LogP contribution in [0.5, 0.6) is 0 Å². The van der Waals surface area contributed by atoms with Gasteiger partial charge in [0.05, 0.1) is 0 Å². The number of esters is 2. The molecule has 0 aromatic carbocycles. The van der Waals surface area contributed by atoms with Crippen LogP contribution in [0.15, 0.2) is 37.0 Å². The first-order chi connectivity index (χ1) is 9.15. The molecule has 5 nitrogen and oxygen atoms in total. The summed E-state index contributed by atoms with van der Waals surface area (Å²) in [6.45, 7) is 3.29. The van der Waals surface area contributed by atoms with Crippen molar-refractivity contribution in [3.8, 4) is 0 Å². The molecule has 0 spiro atoms. The van der Waals surface area contributed by atoms with Crippen LogP contribution in [0, 0.1) is 0 Å². The molecule has 0 saturated heterocycles. The lowest BCUT2D eigenvalue weighted by atomic mass is 10.1. The summed E-state index contributed by atoms with van der Waals surface area (Å²) >= 11 is 0. The molecule has 5 heteroatoms. The molecule has 1 aliphatic rings. The summed E-state index contributed by atoms with van der Waals surface area (Å²) < 4.78 is 10.0. The molecular weight excluding hydrogens is 248 g/mol. The molecule has 1 rings (SSSR count). The highest BCUT2D eigenvalue weighted by Crippen LogP contribution is 2.11. The molecule has 1 aliphatic heterocycles. The van der Waals surface area contributed by atoms with Crippen LogP contribution in [0.3, 0.4) is 0 Å². The summed E-state index contributed by atoms with van der Waals surface area (Å²) in [5, 5.41) is 0. The summed E-state index contributed by atoms with van der Waals surface area (Å²) in [7, 11) is 0. The van der Waals surface area contributed by atoms with Gasteiger partial charge in [0.15, 0.2) is 0 Å². The highest BCUT2D eigenvalue weighted by molar-refractivity contribution is 5.83. The van der Waals surface area contributed by atoms with E-state index in [4.69, 9.17) is 9.47 Å². The number of carbonyl (C=O) groups is 3. The first-order valence-corrected chi connectivity index (χ1v) is 5.96. The molecule has 0 radical (unpaired) electrons. The molecule has 102 valence electrons. The first kappa shape index (κ1) is 14.9. The molecule has 0 aromatic heterocycles. The Hall–Kier alpha value is -2.17. The number of carbonyl (C=O) groups excluding carboxylic acids is 3. The van der Waals surface area contributed by atoms with E-state index >= 15 is 0 Å². The Labute approximate surface area is 111 Å². The maximum atomic E-state index is 11.0. The van der Waals surface area contributed by atoms with E-state index in [9.17, 15) is 14.4 Å². The lowest BCUT2D eigenvalue weighted by Crippen LogP contribution is -2.19. The average molecular weight is 264 g/mol. The van der Waals surface area contributed by atoms with E-state index < -0.39 is 12.1 Å². The molecule has 0 amide bonds. The first-order valence-electron chi connectivity index (χ1n) is 5.96. The van der Waals surface area contributed by atoms with Gasteiger partial charge in [-0.1, -0.05) is 18.7 Å². The molecule has 0 fully saturated rings. The Balaban J connectivity index is 2.44. The van der Waals surface area contributed by atoms with Crippen LogP contribution in [0.1, 0.15) is 19.3 Å². The minimum Gasteiger partial charge on any atom is -0.458 e. The lowest BCUT2D eigenvalue weighted by Gasteiger charge is -2.15. The van der Waals surface area contributed by atoms with Crippen LogP contribution >= 0.6 is 0 Å². The standard InChI is InChI=1S/C14H16O5/c1-2-13(16)18-12(9-10-15)6-3-5-11-7-4-8-14(17)19-11/h2-5,8,10-12H,1,6-7,9H2/b5-3+/t11-,12-/m0/s1. The second-order valence-electron chi connectivity index (χ2n) is 3.94. The summed E-state index contributed by atoms with van der Waals surface area (Å²) in [6.07, 6.45) is 8.62. The molecule has 0 saturated carbocycles. The van der Waals surface area contributed by atoms with Crippen molar-refractivity contribution in [2.75, 3.05) is 0 Å². The van der Waals surface area contributed by atoms with Gasteiger partial charge in [0, 0.05) is 31.4 Å². The van der Waals surface area contributed by atoms with E-state index in [-0.39, 0.29) is 18.5 Å². The van der Waals surface area contributed by atoms with E-state index in [1.54, 1.807) is 18.2 Å². The van der Waals surface area contributed by atoms with Crippen LogP contribution < -0.4 is 0 Å². The summed E-state index contributed by atoms with van der Waals surface area (Å²) in [5.74, 6) is -0.935. The predicted molar refractivity (Wildman–Crippen MR) is 68.2 cm³/mol. The maximum Gasteiger partial charge on any atom is 0.331 e. The number of aldehydes is 1. The van der Waals surface area contributed by atoms with Crippen molar-refractivity contribution in [3.63, 3.8) is 0 Å². The predicted octanol–water partition coefficient (Wildman–Crippen LogP) is 1.49. The molecule has 0 N–H and O–H groups in total. The van der Waals surface area contributed by atoms with Gasteiger partial charge in [-0.15, -0.1) is 0 Å². The molecule has 2 atom stereocenters. The Morgan fingerprint density at radius 3 is 3.00 bits per heavy atom. The number of cyclic esters (lactones) is 1. The van der Waals surface area contributed by atoms with Crippen LogP contribution in [0.4, 0.5) is 0 Å². The largest absolute Gasteiger partial charge is 0.458 e. The third kappa shape index (κ3) is 5.81. The van der Waals surface area contributed by atoms with Gasteiger partial charge in [0.25, 0.3) is 0 Å². The van der Waals surface area contributed by atoms with E-state index in [2.05, 4.69) is 6.58 Å². The molecule has 0 unspecified atom stereocenters. The second-order valence-corrected chi connectivity index (χ2v) is 3.94. The lowest BCUT2D eigenvalue weighted by molar-refractivity contribution is -0.143. The summed E-state index contributed by atoms with van der Waals surface area (Å²) in [6, 6.07) is 0. The van der Waals surface area contributed by atoms with Gasteiger partial charge in [-0.2, -0.15) is 0 Å². The zero-order chi connectivity index (χ0) is 14.1. The Bertz CT molecular complexity index is 408. The van der Waals surface area contributed by atoms with Gasteiger partial charge < -0.3 is 14.3 Å². The zero-order valence-electron chi connectivity index (χ0n) is 10.5.